The molecule has 0 saturated heterocycles. The molecule has 4 unspecified atom stereocenters. The van der Waals surface area contributed by atoms with Crippen molar-refractivity contribution in [2.24, 2.45) is 0 Å². The van der Waals surface area contributed by atoms with Gasteiger partial charge in [-0.25, -0.2) is 33.7 Å². The number of hydrogen-bond donors (Lipinski definition) is 6. The molecule has 0 amide bonds. The van der Waals surface area contributed by atoms with Gasteiger partial charge in [-0.15, -0.1) is 0 Å². The van der Waals surface area contributed by atoms with Crippen molar-refractivity contribution in [2.45, 2.75) is 172 Å². The third-order valence-electron chi connectivity index (χ3n) is 24.7. The number of fused-ring (bicyclic) bond motifs is 4. The van der Waals surface area contributed by atoms with Crippen LogP contribution in [0.5, 0.6) is 0 Å². The van der Waals surface area contributed by atoms with E-state index < -0.39 is 147 Å². The molecule has 4 aliphatic heterocycles. The Morgan fingerprint density at radius 3 is 0.903 bits per heavy atom. The van der Waals surface area contributed by atoms with Crippen molar-refractivity contribution in [3.63, 3.8) is 0 Å². The molecule has 0 fully saturated rings. The zero-order valence-electron chi connectivity index (χ0n) is 82.0. The average Bonchev–Trinajstić information content (AvgIpc) is 1.59. The van der Waals surface area contributed by atoms with Crippen LogP contribution in [0.1, 0.15) is 153 Å². The highest BCUT2D eigenvalue weighted by molar-refractivity contribution is 7.87. The maximum absolute atomic E-state index is 12.4. The Kier molecular flexibility index (Phi) is 49.5. The van der Waals surface area contributed by atoms with Gasteiger partial charge in [0.2, 0.25) is 11.4 Å². The summed E-state index contributed by atoms with van der Waals surface area (Å²) in [5, 5.41) is 18.3. The lowest BCUT2D eigenvalue weighted by Gasteiger charge is -2.30. The SMILES string of the molecule is COCCOCCOCCOCCOCCN1C(=CC=CC=CC2=[N+](CCCCCC(=O)O)c3ccc(S(=O)(=O)[O-])cc3C2(C)CCCS(=O)(=O)[O-])C(C)(CCCS(=O)(=O)O)c2cc(S(=O)(=O)O)ccc21.COCCOCCOCCOCCOCCOCCN1C(=CC=CC=CC2=[N+](CCCCCC(=O)O)c3ccc(S(=O)(=O)[O-])cc3C2(C)CCCS(=O)(=O)[O-])C(C)(CCCS(=O)(=O)O)c2cc(S(=O)(=O)O)ccc21. The molecule has 43 nitrogen and oxygen atoms in total. The van der Waals surface area contributed by atoms with Crippen LogP contribution < -0.4 is 9.80 Å². The Morgan fingerprint density at radius 2 is 0.621 bits per heavy atom. The summed E-state index contributed by atoms with van der Waals surface area (Å²) >= 11 is 0. The molecule has 0 aliphatic carbocycles. The molecule has 0 aromatic heterocycles. The van der Waals surface area contributed by atoms with Crippen LogP contribution in [0.3, 0.4) is 0 Å². The standard InChI is InChI=1S/C48H70N2O20S4.C46H66N2O19S4/c1-47(19-10-34-71(53,54)55)40-36-38(73(59,60)61)15-17-42(40)49(21-9-5-8-14-46(51)52)44(47)12-6-4-7-13-45-48(2,20-11-35-72(56,57)58)41-37-39(74(62,63)64)16-18-43(41)50(45)22-23-66-26-27-68-30-31-70-33-32-69-29-28-67-25-24-65-3;1-45(19-10-32-68(51,52)53)38-34-36(70(57,58)59)15-17-40(38)47(21-9-5-8-14-44(49)50)42(45)12-6-4-7-13-43-46(2,20-11-33-69(54,55)56)39-35-37(71(60,61)62)16-18-41(39)48(43)22-23-64-26-27-66-30-31-67-29-28-65-25-24-63-3/h4,6-7,12-13,15-18,36-37H,5,8-11,14,19-35H2,1-3H3,(H4-,51,52,53,54,55,56,57,58,59,60,61,62,63,64);4,6-7,12-13,15-18,34-35H,5,8-11,14,19-33H2,1-3H3,(H4-,49,50,51,52,53,54,55,56,57,58,59,60,61,62)/p-2. The Balaban J connectivity index is 0.000000393. The minimum absolute atomic E-state index is 0.0370. The van der Waals surface area contributed by atoms with E-state index >= 15 is 0 Å². The van der Waals surface area contributed by atoms with Crippen LogP contribution in [0.2, 0.25) is 0 Å². The van der Waals surface area contributed by atoms with E-state index in [1.807, 2.05) is 19.0 Å². The first-order valence-corrected chi connectivity index (χ1v) is 59.0. The smallest absolute Gasteiger partial charge is 0.303 e. The lowest BCUT2D eigenvalue weighted by molar-refractivity contribution is -0.438. The Hall–Kier alpha value is -7.96. The molecule has 4 aromatic carbocycles. The number of nitrogens with zero attached hydrogens (tertiary/aromatic N) is 4. The van der Waals surface area contributed by atoms with E-state index in [1.165, 1.54) is 72.8 Å². The van der Waals surface area contributed by atoms with Gasteiger partial charge in [-0.3, -0.25) is 27.8 Å². The van der Waals surface area contributed by atoms with E-state index in [-0.39, 0.29) is 127 Å². The number of hydrogen-bond acceptors (Lipinski definition) is 35. The first kappa shape index (κ1) is 124. The zero-order valence-corrected chi connectivity index (χ0v) is 88.6. The Bertz CT molecular complexity index is 6250. The van der Waals surface area contributed by atoms with Crippen molar-refractivity contribution in [3.8, 4) is 0 Å². The van der Waals surface area contributed by atoms with Crippen LogP contribution in [-0.4, -0.2) is 342 Å². The summed E-state index contributed by atoms with van der Waals surface area (Å²) in [6.07, 6.45) is 19.7. The van der Waals surface area contributed by atoms with Gasteiger partial charge in [-0.2, -0.15) is 42.8 Å². The number of carboxylic acid groups (broad SMARTS) is 2. The van der Waals surface area contributed by atoms with Crippen molar-refractivity contribution < 1.29 is 185 Å². The number of methoxy groups -OCH3 is 2. The van der Waals surface area contributed by atoms with Crippen LogP contribution in [-0.2, 0) is 164 Å². The molecular formula is C94H134N4O39S8-2. The Labute approximate surface area is 850 Å². The first-order valence-electron chi connectivity index (χ1n) is 46.9. The van der Waals surface area contributed by atoms with Gasteiger partial charge in [-0.05, 0) is 189 Å². The van der Waals surface area contributed by atoms with Crippen molar-refractivity contribution in [2.75, 3.05) is 205 Å². The maximum atomic E-state index is 12.4. The molecule has 4 aliphatic rings. The van der Waals surface area contributed by atoms with Gasteiger partial charge in [0.15, 0.2) is 11.4 Å². The summed E-state index contributed by atoms with van der Waals surface area (Å²) in [7, 11) is -34.1. The van der Waals surface area contributed by atoms with Crippen LogP contribution in [0, 0.1) is 0 Å². The highest BCUT2D eigenvalue weighted by Gasteiger charge is 2.51. The second-order valence-corrected chi connectivity index (χ2v) is 47.1. The van der Waals surface area contributed by atoms with Crippen molar-refractivity contribution in [3.05, 3.63) is 167 Å². The molecule has 0 saturated carbocycles. The predicted molar refractivity (Wildman–Crippen MR) is 530 cm³/mol. The summed E-state index contributed by atoms with van der Waals surface area (Å²) in [6, 6.07) is 16.0. The summed E-state index contributed by atoms with van der Waals surface area (Å²) in [6.45, 7) is 15.2. The highest BCUT2D eigenvalue weighted by atomic mass is 32.2. The van der Waals surface area contributed by atoms with E-state index in [2.05, 4.69) is 0 Å². The van der Waals surface area contributed by atoms with Gasteiger partial charge < -0.3 is 90.3 Å². The number of benzene rings is 4. The molecule has 145 heavy (non-hydrogen) atoms. The second kappa shape index (κ2) is 57.9. The fourth-order valence-corrected chi connectivity index (χ4v) is 21.7. The fraction of sp³-hybridized carbons (Fsp3) is 0.574. The third-order valence-corrected chi connectivity index (χ3v) is 31.3. The summed E-state index contributed by atoms with van der Waals surface area (Å²) in [5.41, 5.74) is 1.80. The van der Waals surface area contributed by atoms with Gasteiger partial charge in [0.25, 0.3) is 40.5 Å². The maximum Gasteiger partial charge on any atom is 0.303 e. The number of allylic oxidation sites excluding steroid dienone is 12. The molecule has 4 aromatic rings. The largest absolute Gasteiger partial charge is 0.748 e. The van der Waals surface area contributed by atoms with Gasteiger partial charge >= 0.3 is 11.9 Å². The second-order valence-electron chi connectivity index (χ2n) is 35.3. The van der Waals surface area contributed by atoms with Gasteiger partial charge in [0, 0.05) is 134 Å². The summed E-state index contributed by atoms with van der Waals surface area (Å²) in [4.78, 5) is 24.4. The van der Waals surface area contributed by atoms with Crippen LogP contribution in [0.25, 0.3) is 0 Å². The zero-order chi connectivity index (χ0) is 107. The van der Waals surface area contributed by atoms with Gasteiger partial charge in [0.05, 0.1) is 194 Å². The number of ether oxygens (including phenoxy) is 11. The van der Waals surface area contributed by atoms with Crippen molar-refractivity contribution in [1.29, 1.82) is 0 Å². The molecule has 4 heterocycles. The lowest BCUT2D eigenvalue weighted by Crippen LogP contribution is -2.32. The molecule has 6 N–H and O–H groups in total. The van der Waals surface area contributed by atoms with E-state index in [0.29, 0.717) is 212 Å². The van der Waals surface area contributed by atoms with Crippen LogP contribution >= 0.6 is 0 Å². The van der Waals surface area contributed by atoms with Gasteiger partial charge in [0.1, 0.15) is 33.3 Å². The number of rotatable bonds is 71. The highest BCUT2D eigenvalue weighted by Crippen LogP contribution is 2.54. The number of carboxylic acids is 2. The quantitative estimate of drug-likeness (QED) is 0.0104. The van der Waals surface area contributed by atoms with Crippen LogP contribution in [0.15, 0.2) is 165 Å². The molecule has 0 spiro atoms. The molecule has 814 valence electrons. The normalized spacial score (nSPS) is 19.0. The number of aliphatic carboxylic acids is 2. The average molecular weight is 2200 g/mol. The van der Waals surface area contributed by atoms with E-state index in [9.17, 15) is 118 Å². The van der Waals surface area contributed by atoms with Crippen LogP contribution in [0.4, 0.5) is 22.7 Å². The van der Waals surface area contributed by atoms with E-state index in [4.69, 9.17) is 57.2 Å². The molecule has 8 rings (SSSR count). The van der Waals surface area contributed by atoms with Crippen molar-refractivity contribution >= 4 is 127 Å². The number of anilines is 2. The number of unbranched alkanes of at least 4 members (excludes halogenated alkanes) is 4. The lowest BCUT2D eigenvalue weighted by atomic mass is 9.75. The first-order chi connectivity index (χ1) is 68.1. The van der Waals surface area contributed by atoms with E-state index in [1.54, 1.807) is 103 Å². The monoisotopic (exact) mass is 2200 g/mol. The molecule has 51 heteroatoms. The molecule has 4 atom stereocenters. The minimum Gasteiger partial charge on any atom is -0.748 e. The predicted octanol–water partition coefficient (Wildman–Crippen LogP) is 8.65. The van der Waals surface area contributed by atoms with E-state index in [0.717, 1.165) is 0 Å². The fourth-order valence-electron chi connectivity index (χ4n) is 17.7. The van der Waals surface area contributed by atoms with Crippen molar-refractivity contribution in [1.82, 2.24) is 0 Å². The summed E-state index contributed by atoms with van der Waals surface area (Å²) < 4.78 is 344. The summed E-state index contributed by atoms with van der Waals surface area (Å²) in [5.74, 6) is -4.48. The van der Waals surface area contributed by atoms with Gasteiger partial charge in [-0.1, -0.05) is 36.5 Å². The molecule has 0 bridgehead atoms. The topological polar surface area (TPSA) is 635 Å². The molecular weight excluding hydrogens is 2070 g/mol. The Morgan fingerprint density at radius 1 is 0.338 bits per heavy atom. The molecule has 0 radical (unpaired) electrons. The third kappa shape index (κ3) is 40.0. The number of carbonyl (C=O) groups is 2. The minimum atomic E-state index is -4.92.